The molecule has 1 aliphatic rings. The largest absolute Gasteiger partial charge is 0.508 e. The smallest absolute Gasteiger partial charge is 0.305 e. The summed E-state index contributed by atoms with van der Waals surface area (Å²) in [6.45, 7) is 3.94. The molecule has 1 aliphatic carbocycles. The standard InChI is InChI=1S/C24H34O5S/c1-16-14-23(27)21(10-12-30-11-4-5-24(28)29-3)20(16)8-7-19(25)15-18-6-9-22(26)17(2)13-18/h6-9,13,16,19-21,25-26H,4-5,10-12,14-15H2,1-3H3/b8-7+/t16-,19-,20+,21-/m1/s1. The molecule has 1 aromatic rings. The van der Waals surface area contributed by atoms with Gasteiger partial charge in [-0.2, -0.15) is 11.8 Å². The number of carbonyl (C=O) groups excluding carboxylic acids is 2. The van der Waals surface area contributed by atoms with E-state index in [0.717, 1.165) is 35.5 Å². The lowest BCUT2D eigenvalue weighted by atomic mass is 9.87. The second kappa shape index (κ2) is 12.2. The summed E-state index contributed by atoms with van der Waals surface area (Å²) in [5.41, 5.74) is 1.76. The fraction of sp³-hybridized carbons (Fsp3) is 0.583. The molecule has 2 rings (SSSR count). The molecule has 0 aromatic heterocycles. The Morgan fingerprint density at radius 3 is 2.83 bits per heavy atom. The van der Waals surface area contributed by atoms with Crippen molar-refractivity contribution in [3.8, 4) is 5.75 Å². The number of benzene rings is 1. The molecule has 30 heavy (non-hydrogen) atoms. The molecule has 5 nitrogen and oxygen atoms in total. The summed E-state index contributed by atoms with van der Waals surface area (Å²) in [5, 5.41) is 20.1. The first kappa shape index (κ1) is 24.5. The van der Waals surface area contributed by atoms with Crippen molar-refractivity contribution in [2.75, 3.05) is 18.6 Å². The number of rotatable bonds is 11. The molecule has 0 saturated heterocycles. The van der Waals surface area contributed by atoms with Crippen molar-refractivity contribution in [3.63, 3.8) is 0 Å². The van der Waals surface area contributed by atoms with Gasteiger partial charge < -0.3 is 14.9 Å². The van der Waals surface area contributed by atoms with Crippen LogP contribution >= 0.6 is 11.8 Å². The Morgan fingerprint density at radius 2 is 2.13 bits per heavy atom. The molecule has 0 aliphatic heterocycles. The van der Waals surface area contributed by atoms with Crippen LogP contribution in [-0.4, -0.2) is 46.7 Å². The SMILES string of the molecule is COC(=O)CCCSCC[C@H]1C(=O)C[C@@H](C)[C@@H]1/C=C/[C@@H](O)Cc1ccc(O)c(C)c1. The monoisotopic (exact) mass is 434 g/mol. The summed E-state index contributed by atoms with van der Waals surface area (Å²) in [4.78, 5) is 23.6. The lowest BCUT2D eigenvalue weighted by molar-refractivity contribution is -0.140. The number of allylic oxidation sites excluding steroid dienone is 1. The van der Waals surface area contributed by atoms with Crippen molar-refractivity contribution >= 4 is 23.5 Å². The van der Waals surface area contributed by atoms with E-state index in [-0.39, 0.29) is 29.5 Å². The average molecular weight is 435 g/mol. The van der Waals surface area contributed by atoms with Crippen LogP contribution in [0.3, 0.4) is 0 Å². The van der Waals surface area contributed by atoms with Crippen LogP contribution < -0.4 is 0 Å². The van der Waals surface area contributed by atoms with E-state index in [4.69, 9.17) is 0 Å². The number of aryl methyl sites for hydroxylation is 1. The van der Waals surface area contributed by atoms with Crippen molar-refractivity contribution in [2.24, 2.45) is 17.8 Å². The van der Waals surface area contributed by atoms with Gasteiger partial charge in [-0.05, 0) is 60.3 Å². The summed E-state index contributed by atoms with van der Waals surface area (Å²) in [6.07, 6.45) is 6.36. The first-order valence-corrected chi connectivity index (χ1v) is 11.8. The summed E-state index contributed by atoms with van der Waals surface area (Å²) < 4.78 is 4.64. The third-order valence-corrected chi connectivity index (χ3v) is 6.89. The third kappa shape index (κ3) is 7.47. The number of methoxy groups -OCH3 is 1. The average Bonchev–Trinajstić information content (AvgIpc) is 2.98. The maximum absolute atomic E-state index is 12.5. The number of phenolic OH excluding ortho intramolecular Hbond substituents is 1. The van der Waals surface area contributed by atoms with Gasteiger partial charge >= 0.3 is 5.97 Å². The van der Waals surface area contributed by atoms with Gasteiger partial charge in [0.2, 0.25) is 0 Å². The Balaban J connectivity index is 1.83. The Bertz CT molecular complexity index is 745. The van der Waals surface area contributed by atoms with Gasteiger partial charge in [-0.25, -0.2) is 0 Å². The zero-order valence-electron chi connectivity index (χ0n) is 18.2. The first-order chi connectivity index (χ1) is 14.3. The minimum absolute atomic E-state index is 0.00692. The van der Waals surface area contributed by atoms with Crippen molar-refractivity contribution in [1.29, 1.82) is 0 Å². The maximum Gasteiger partial charge on any atom is 0.305 e. The molecule has 0 amide bonds. The summed E-state index contributed by atoms with van der Waals surface area (Å²) in [7, 11) is 1.40. The van der Waals surface area contributed by atoms with E-state index in [1.807, 2.05) is 31.2 Å². The number of aromatic hydroxyl groups is 1. The minimum Gasteiger partial charge on any atom is -0.508 e. The van der Waals surface area contributed by atoms with Crippen molar-refractivity contribution in [2.45, 2.75) is 52.1 Å². The van der Waals surface area contributed by atoms with Crippen LogP contribution in [-0.2, 0) is 20.7 Å². The molecule has 0 spiro atoms. The number of esters is 1. The topological polar surface area (TPSA) is 83.8 Å². The van der Waals surface area contributed by atoms with Gasteiger partial charge in [-0.3, -0.25) is 9.59 Å². The normalized spacial score (nSPS) is 22.5. The van der Waals surface area contributed by atoms with E-state index in [2.05, 4.69) is 11.7 Å². The summed E-state index contributed by atoms with van der Waals surface area (Å²) in [5.74, 6) is 2.62. The predicted molar refractivity (Wildman–Crippen MR) is 121 cm³/mol. The van der Waals surface area contributed by atoms with Gasteiger partial charge in [0.25, 0.3) is 0 Å². The Morgan fingerprint density at radius 1 is 1.37 bits per heavy atom. The quantitative estimate of drug-likeness (QED) is 0.310. The molecule has 0 bridgehead atoms. The zero-order chi connectivity index (χ0) is 22.1. The number of ether oxygens (including phenoxy) is 1. The molecular formula is C24H34O5S. The van der Waals surface area contributed by atoms with Crippen LogP contribution in [0.25, 0.3) is 0 Å². The van der Waals surface area contributed by atoms with E-state index < -0.39 is 6.10 Å². The molecule has 1 saturated carbocycles. The molecule has 1 fully saturated rings. The molecule has 6 heteroatoms. The first-order valence-electron chi connectivity index (χ1n) is 10.6. The fourth-order valence-electron chi connectivity index (χ4n) is 4.04. The van der Waals surface area contributed by atoms with Gasteiger partial charge in [-0.1, -0.05) is 31.2 Å². The van der Waals surface area contributed by atoms with Crippen LogP contribution in [0.2, 0.25) is 0 Å². The Labute approximate surface area is 183 Å². The second-order valence-electron chi connectivity index (χ2n) is 8.19. The van der Waals surface area contributed by atoms with Crippen LogP contribution in [0.15, 0.2) is 30.4 Å². The van der Waals surface area contributed by atoms with Gasteiger partial charge in [-0.15, -0.1) is 0 Å². The molecule has 4 atom stereocenters. The number of ketones is 1. The zero-order valence-corrected chi connectivity index (χ0v) is 19.0. The highest BCUT2D eigenvalue weighted by Gasteiger charge is 2.37. The van der Waals surface area contributed by atoms with Gasteiger partial charge in [0.1, 0.15) is 11.5 Å². The van der Waals surface area contributed by atoms with Gasteiger partial charge in [0.15, 0.2) is 0 Å². The highest BCUT2D eigenvalue weighted by atomic mass is 32.2. The number of hydrogen-bond acceptors (Lipinski definition) is 6. The van der Waals surface area contributed by atoms with Crippen molar-refractivity contribution < 1.29 is 24.5 Å². The minimum atomic E-state index is -0.620. The highest BCUT2D eigenvalue weighted by Crippen LogP contribution is 2.38. The number of thioether (sulfide) groups is 1. The summed E-state index contributed by atoms with van der Waals surface area (Å²) >= 11 is 1.77. The van der Waals surface area contributed by atoms with E-state index in [9.17, 15) is 19.8 Å². The van der Waals surface area contributed by atoms with Crippen LogP contribution in [0, 0.1) is 24.7 Å². The van der Waals surface area contributed by atoms with Crippen molar-refractivity contribution in [1.82, 2.24) is 0 Å². The van der Waals surface area contributed by atoms with Gasteiger partial charge in [0, 0.05) is 25.2 Å². The van der Waals surface area contributed by atoms with E-state index in [0.29, 0.717) is 25.0 Å². The van der Waals surface area contributed by atoms with E-state index >= 15 is 0 Å². The number of hydrogen-bond donors (Lipinski definition) is 2. The molecule has 0 radical (unpaired) electrons. The second-order valence-corrected chi connectivity index (χ2v) is 9.41. The fourth-order valence-corrected chi connectivity index (χ4v) is 5.01. The molecule has 0 heterocycles. The number of aliphatic hydroxyl groups excluding tert-OH is 1. The van der Waals surface area contributed by atoms with Crippen molar-refractivity contribution in [3.05, 3.63) is 41.5 Å². The molecule has 1 aromatic carbocycles. The highest BCUT2D eigenvalue weighted by molar-refractivity contribution is 7.99. The number of aliphatic hydroxyl groups is 1. The number of carbonyl (C=O) groups is 2. The van der Waals surface area contributed by atoms with Gasteiger partial charge in [0.05, 0.1) is 13.2 Å². The van der Waals surface area contributed by atoms with Crippen LogP contribution in [0.1, 0.15) is 43.7 Å². The lowest BCUT2D eigenvalue weighted by Crippen LogP contribution is -2.17. The molecule has 0 unspecified atom stereocenters. The number of phenols is 1. The Kier molecular flexibility index (Phi) is 9.92. The molecular weight excluding hydrogens is 400 g/mol. The maximum atomic E-state index is 12.5. The molecule has 2 N–H and O–H groups in total. The van der Waals surface area contributed by atoms with Crippen LogP contribution in [0.4, 0.5) is 0 Å². The molecule has 166 valence electrons. The number of Topliss-reactive ketones (excluding diaryl/α,β-unsaturated/α-hetero) is 1. The Hall–Kier alpha value is -1.79. The summed E-state index contributed by atoms with van der Waals surface area (Å²) in [6, 6.07) is 5.35. The lowest BCUT2D eigenvalue weighted by Gasteiger charge is -2.18. The van der Waals surface area contributed by atoms with E-state index in [1.54, 1.807) is 17.8 Å². The van der Waals surface area contributed by atoms with E-state index in [1.165, 1.54) is 7.11 Å². The van der Waals surface area contributed by atoms with Crippen LogP contribution in [0.5, 0.6) is 5.75 Å². The predicted octanol–water partition coefficient (Wildman–Crippen LogP) is 4.08. The third-order valence-electron chi connectivity index (χ3n) is 5.79.